The molecule has 2 aromatic rings. The Balaban J connectivity index is 2.37. The predicted molar refractivity (Wildman–Crippen MR) is 103 cm³/mol. The number of aryl methyl sites for hydroxylation is 1. The first kappa shape index (κ1) is 29.7. The minimum atomic E-state index is -7.92. The SMILES string of the molecule is CCCCCc1ccc(-c2ccc(C(F)(F)C(F)(F)C(F)(F)C(F)(F)C(F)(F)C(F)(F)F)cc2)nc1. The lowest BCUT2D eigenvalue weighted by Crippen LogP contribution is -2.69. The average Bonchev–Trinajstić information content (AvgIpc) is 2.78. The standard InChI is InChI=1S/C22H18F13N/c1-2-3-4-5-13-6-11-16(36-12-13)14-7-9-15(10-8-14)17(23,24)18(25,26)19(27,28)20(29,30)21(31,32)22(33,34)35/h6-12H,2-5H2,1H3. The van der Waals surface area contributed by atoms with Gasteiger partial charge in [0.15, 0.2) is 0 Å². The number of hydrogen-bond acceptors (Lipinski definition) is 1. The van der Waals surface area contributed by atoms with E-state index in [9.17, 15) is 57.1 Å². The minimum absolute atomic E-state index is 0.0127. The molecule has 0 radical (unpaired) electrons. The number of nitrogens with zero attached hydrogens (tertiary/aromatic N) is 1. The summed E-state index contributed by atoms with van der Waals surface area (Å²) in [6.07, 6.45) is -2.50. The molecule has 0 fully saturated rings. The van der Waals surface area contributed by atoms with E-state index >= 15 is 0 Å². The summed E-state index contributed by atoms with van der Waals surface area (Å²) in [5.74, 6) is -37.1. The molecule has 14 heteroatoms. The second-order valence-corrected chi connectivity index (χ2v) is 7.96. The Morgan fingerprint density at radius 2 is 1.14 bits per heavy atom. The van der Waals surface area contributed by atoms with Crippen LogP contribution >= 0.6 is 0 Å². The van der Waals surface area contributed by atoms with Crippen molar-refractivity contribution in [3.8, 4) is 11.3 Å². The van der Waals surface area contributed by atoms with Gasteiger partial charge in [-0.1, -0.05) is 50.1 Å². The second-order valence-electron chi connectivity index (χ2n) is 7.96. The fourth-order valence-electron chi connectivity index (χ4n) is 3.12. The van der Waals surface area contributed by atoms with Gasteiger partial charge in [-0.2, -0.15) is 57.1 Å². The zero-order chi connectivity index (χ0) is 27.8. The van der Waals surface area contributed by atoms with Crippen LogP contribution in [-0.4, -0.2) is 34.9 Å². The third-order valence-electron chi connectivity index (χ3n) is 5.37. The second kappa shape index (κ2) is 9.73. The minimum Gasteiger partial charge on any atom is -0.256 e. The number of pyridine rings is 1. The fraction of sp³-hybridized carbons (Fsp3) is 0.500. The summed E-state index contributed by atoms with van der Waals surface area (Å²) in [4.78, 5) is 4.05. The van der Waals surface area contributed by atoms with Crippen LogP contribution in [0.3, 0.4) is 0 Å². The Labute approximate surface area is 196 Å². The van der Waals surface area contributed by atoms with Crippen LogP contribution in [0.2, 0.25) is 0 Å². The van der Waals surface area contributed by atoms with Crippen LogP contribution in [0.4, 0.5) is 57.1 Å². The highest BCUT2D eigenvalue weighted by atomic mass is 19.4. The van der Waals surface area contributed by atoms with Crippen LogP contribution in [-0.2, 0) is 12.3 Å². The van der Waals surface area contributed by atoms with Crippen molar-refractivity contribution in [2.45, 2.75) is 68.4 Å². The summed E-state index contributed by atoms with van der Waals surface area (Å²) < 4.78 is 173. The van der Waals surface area contributed by atoms with Gasteiger partial charge < -0.3 is 0 Å². The van der Waals surface area contributed by atoms with Crippen molar-refractivity contribution in [2.24, 2.45) is 0 Å². The van der Waals surface area contributed by atoms with Crippen LogP contribution in [0.1, 0.15) is 37.3 Å². The maximum absolute atomic E-state index is 14.3. The van der Waals surface area contributed by atoms with E-state index in [1.807, 2.05) is 6.92 Å². The lowest BCUT2D eigenvalue weighted by atomic mass is 9.90. The van der Waals surface area contributed by atoms with E-state index in [4.69, 9.17) is 0 Å². The normalized spacial score (nSPS) is 14.3. The molecule has 0 saturated carbocycles. The molecule has 0 bridgehead atoms. The monoisotopic (exact) mass is 543 g/mol. The van der Waals surface area contributed by atoms with Gasteiger partial charge in [-0.3, -0.25) is 4.98 Å². The third kappa shape index (κ3) is 4.86. The molecule has 0 aliphatic heterocycles. The number of hydrogen-bond donors (Lipinski definition) is 0. The average molecular weight is 543 g/mol. The highest BCUT2D eigenvalue weighted by Gasteiger charge is 2.90. The van der Waals surface area contributed by atoms with Gasteiger partial charge in [0.1, 0.15) is 0 Å². The molecule has 0 spiro atoms. The van der Waals surface area contributed by atoms with Crippen molar-refractivity contribution < 1.29 is 57.1 Å². The van der Waals surface area contributed by atoms with E-state index in [1.165, 1.54) is 12.3 Å². The van der Waals surface area contributed by atoms with Gasteiger partial charge in [0.05, 0.1) is 5.69 Å². The van der Waals surface area contributed by atoms with Gasteiger partial charge in [-0.25, -0.2) is 0 Å². The van der Waals surface area contributed by atoms with Crippen molar-refractivity contribution in [2.75, 3.05) is 0 Å². The van der Waals surface area contributed by atoms with Crippen LogP contribution in [0, 0.1) is 0 Å². The molecule has 2 rings (SSSR count). The summed E-state index contributed by atoms with van der Waals surface area (Å²) in [6, 6.07) is 4.71. The lowest BCUT2D eigenvalue weighted by Gasteiger charge is -2.39. The zero-order valence-electron chi connectivity index (χ0n) is 18.2. The Morgan fingerprint density at radius 3 is 1.58 bits per heavy atom. The maximum atomic E-state index is 14.3. The quantitative estimate of drug-likeness (QED) is 0.216. The molecule has 0 atom stereocenters. The lowest BCUT2D eigenvalue weighted by molar-refractivity contribution is -0.441. The van der Waals surface area contributed by atoms with E-state index in [2.05, 4.69) is 4.98 Å². The van der Waals surface area contributed by atoms with Crippen molar-refractivity contribution >= 4 is 0 Å². The molecular formula is C22H18F13N. The first-order valence-electron chi connectivity index (χ1n) is 10.3. The van der Waals surface area contributed by atoms with Gasteiger partial charge in [-0.15, -0.1) is 0 Å². The van der Waals surface area contributed by atoms with Crippen LogP contribution < -0.4 is 0 Å². The molecule has 1 aromatic heterocycles. The maximum Gasteiger partial charge on any atom is 0.460 e. The van der Waals surface area contributed by atoms with Crippen molar-refractivity contribution in [3.63, 3.8) is 0 Å². The number of unbranched alkanes of at least 4 members (excludes halogenated alkanes) is 2. The molecule has 1 heterocycles. The molecule has 1 nitrogen and oxygen atoms in total. The molecule has 1 aromatic carbocycles. The number of rotatable bonds is 10. The molecule has 36 heavy (non-hydrogen) atoms. The van der Waals surface area contributed by atoms with Crippen molar-refractivity contribution in [1.82, 2.24) is 4.98 Å². The predicted octanol–water partition coefficient (Wildman–Crippen LogP) is 8.68. The van der Waals surface area contributed by atoms with Gasteiger partial charge in [0.25, 0.3) is 0 Å². The van der Waals surface area contributed by atoms with Gasteiger partial charge >= 0.3 is 35.8 Å². The molecule has 0 amide bonds. The molecule has 0 aliphatic rings. The summed E-state index contributed by atoms with van der Waals surface area (Å²) in [5, 5.41) is 0. The fourth-order valence-corrected chi connectivity index (χ4v) is 3.12. The molecule has 0 N–H and O–H groups in total. The third-order valence-corrected chi connectivity index (χ3v) is 5.37. The summed E-state index contributed by atoms with van der Waals surface area (Å²) in [5.41, 5.74) is -1.05. The summed E-state index contributed by atoms with van der Waals surface area (Å²) in [6.45, 7) is 1.99. The zero-order valence-corrected chi connectivity index (χ0v) is 18.2. The smallest absolute Gasteiger partial charge is 0.256 e. The van der Waals surface area contributed by atoms with Crippen molar-refractivity contribution in [3.05, 3.63) is 53.7 Å². The molecule has 0 saturated heterocycles. The molecular weight excluding hydrogens is 525 g/mol. The van der Waals surface area contributed by atoms with Crippen LogP contribution in [0.25, 0.3) is 11.3 Å². The first-order valence-corrected chi connectivity index (χ1v) is 10.3. The van der Waals surface area contributed by atoms with Crippen molar-refractivity contribution in [1.29, 1.82) is 0 Å². The molecule has 0 aliphatic carbocycles. The Kier molecular flexibility index (Phi) is 8.02. The number of alkyl halides is 13. The van der Waals surface area contributed by atoms with Gasteiger partial charge in [-0.05, 0) is 24.5 Å². The Bertz CT molecular complexity index is 1010. The Morgan fingerprint density at radius 1 is 0.611 bits per heavy atom. The molecule has 202 valence electrons. The topological polar surface area (TPSA) is 12.9 Å². The van der Waals surface area contributed by atoms with E-state index in [0.29, 0.717) is 18.6 Å². The van der Waals surface area contributed by atoms with E-state index in [0.717, 1.165) is 24.8 Å². The van der Waals surface area contributed by atoms with E-state index < -0.39 is 41.4 Å². The number of aromatic nitrogens is 1. The summed E-state index contributed by atoms with van der Waals surface area (Å²) >= 11 is 0. The van der Waals surface area contributed by atoms with Gasteiger partial charge in [0, 0.05) is 17.3 Å². The molecule has 0 unspecified atom stereocenters. The van der Waals surface area contributed by atoms with Gasteiger partial charge in [0.2, 0.25) is 0 Å². The highest BCUT2D eigenvalue weighted by molar-refractivity contribution is 5.59. The van der Waals surface area contributed by atoms with E-state index in [1.54, 1.807) is 6.07 Å². The highest BCUT2D eigenvalue weighted by Crippen LogP contribution is 2.62. The number of halogens is 13. The summed E-state index contributed by atoms with van der Waals surface area (Å²) in [7, 11) is 0. The van der Waals surface area contributed by atoms with Crippen LogP contribution in [0.5, 0.6) is 0 Å². The first-order chi connectivity index (χ1) is 16.3. The number of benzene rings is 1. The van der Waals surface area contributed by atoms with E-state index in [-0.39, 0.29) is 23.4 Å². The largest absolute Gasteiger partial charge is 0.460 e. The van der Waals surface area contributed by atoms with Crippen LogP contribution in [0.15, 0.2) is 42.6 Å². The Hall–Kier alpha value is -2.54.